The molecule has 2 aromatic heterocycles. The van der Waals surface area contributed by atoms with Crippen molar-refractivity contribution in [3.8, 4) is 17.1 Å². The van der Waals surface area contributed by atoms with Crippen LogP contribution in [-0.2, 0) is 0 Å². The van der Waals surface area contributed by atoms with E-state index in [2.05, 4.69) is 41.3 Å². The number of amides is 1. The second-order valence-corrected chi connectivity index (χ2v) is 6.17. The third-order valence-corrected chi connectivity index (χ3v) is 4.08. The summed E-state index contributed by atoms with van der Waals surface area (Å²) >= 11 is 0. The Hall–Kier alpha value is -4.52. The highest BCUT2D eigenvalue weighted by atomic mass is 19.1. The molecule has 0 unspecified atom stereocenters. The Bertz CT molecular complexity index is 1290. The maximum absolute atomic E-state index is 13.3. The zero-order valence-electron chi connectivity index (χ0n) is 20.5. The summed E-state index contributed by atoms with van der Waals surface area (Å²) in [6, 6.07) is 6.25. The molecule has 0 aliphatic rings. The van der Waals surface area contributed by atoms with Crippen molar-refractivity contribution in [3.05, 3.63) is 48.2 Å². The second kappa shape index (κ2) is 10.7. The first-order valence-corrected chi connectivity index (χ1v) is 9.29. The van der Waals surface area contributed by atoms with Crippen LogP contribution in [0.2, 0.25) is 0 Å². The minimum Gasteiger partial charge on any atom is -0.494 e. The van der Waals surface area contributed by atoms with E-state index in [0.29, 0.717) is 11.3 Å². The van der Waals surface area contributed by atoms with E-state index in [0.717, 1.165) is 18.6 Å². The van der Waals surface area contributed by atoms with Crippen LogP contribution in [0.4, 0.5) is 21.6 Å². The average molecular weight is 455 g/mol. The molecule has 3 rings (SSSR count). The van der Waals surface area contributed by atoms with Gasteiger partial charge >= 0.3 is 0 Å². The fourth-order valence-electron chi connectivity index (χ4n) is 2.73. The van der Waals surface area contributed by atoms with E-state index in [1.165, 1.54) is 13.2 Å². The molecule has 12 nitrogen and oxygen atoms in total. The number of nitrogens with zero attached hydrogens (tertiary/aromatic N) is 5. The standard InChI is InChI=1S/C20H21FN10O2/c1-23-20(32)17-14(7-15(30-31-17)28-16(8-22)29-24-2)27-13-6-4-5-12(18(13)33-3)19-25-9-11(21)10-26-19/h4-10,22,24H,1-3H3,(H,23,32)(H2,27,28,29,30)/i1D3. The molecule has 1 aromatic carbocycles. The van der Waals surface area contributed by atoms with Crippen LogP contribution in [0.1, 0.15) is 14.6 Å². The number of carbonyl (C=O) groups excluding carboxylic acids is 1. The van der Waals surface area contributed by atoms with Crippen LogP contribution in [0.15, 0.2) is 41.7 Å². The monoisotopic (exact) mass is 455 g/mol. The number of amidine groups is 1. The molecule has 0 spiro atoms. The van der Waals surface area contributed by atoms with E-state index in [4.69, 9.17) is 14.3 Å². The van der Waals surface area contributed by atoms with E-state index in [1.54, 1.807) is 25.2 Å². The van der Waals surface area contributed by atoms with Crippen LogP contribution in [0.25, 0.3) is 11.4 Å². The van der Waals surface area contributed by atoms with Crippen molar-refractivity contribution in [2.75, 3.05) is 26.5 Å². The Morgan fingerprint density at radius 1 is 1.27 bits per heavy atom. The molecular formula is C20H21FN10O2. The smallest absolute Gasteiger partial charge is 0.273 e. The fourth-order valence-corrected chi connectivity index (χ4v) is 2.73. The Kier molecular flexibility index (Phi) is 6.21. The van der Waals surface area contributed by atoms with Gasteiger partial charge in [-0.1, -0.05) is 6.07 Å². The molecule has 0 saturated heterocycles. The van der Waals surface area contributed by atoms with Gasteiger partial charge in [-0.25, -0.2) is 24.8 Å². The van der Waals surface area contributed by atoms with E-state index in [1.807, 2.05) is 5.32 Å². The van der Waals surface area contributed by atoms with Crippen molar-refractivity contribution in [2.24, 2.45) is 4.99 Å². The van der Waals surface area contributed by atoms with Crippen molar-refractivity contribution in [3.63, 3.8) is 0 Å². The number of hydrogen-bond acceptors (Lipinski definition) is 10. The molecule has 3 aromatic rings. The van der Waals surface area contributed by atoms with Gasteiger partial charge in [0.15, 0.2) is 34.7 Å². The maximum Gasteiger partial charge on any atom is 0.273 e. The van der Waals surface area contributed by atoms with Crippen molar-refractivity contribution in [2.45, 2.75) is 0 Å². The summed E-state index contributed by atoms with van der Waals surface area (Å²) in [5.74, 6) is -1.09. The molecule has 13 heteroatoms. The lowest BCUT2D eigenvalue weighted by atomic mass is 10.1. The van der Waals surface area contributed by atoms with Crippen LogP contribution < -0.4 is 26.2 Å². The molecule has 2 heterocycles. The number of para-hydroxylation sites is 1. The SMILES string of the molecule is [2H]C([2H])([2H])NC(=O)c1nnc(N=C(C=N)NNC)cc1Nc1cccc(-c2ncc(F)cn2)c1OC. The van der Waals surface area contributed by atoms with Gasteiger partial charge in [-0.3, -0.25) is 4.79 Å². The predicted octanol–water partition coefficient (Wildman–Crippen LogP) is 1.59. The number of aromatic nitrogens is 4. The average Bonchev–Trinajstić information content (AvgIpc) is 2.83. The first-order valence-electron chi connectivity index (χ1n) is 10.8. The highest BCUT2D eigenvalue weighted by Crippen LogP contribution is 2.37. The third kappa shape index (κ3) is 5.40. The van der Waals surface area contributed by atoms with Gasteiger partial charge in [0, 0.05) is 24.2 Å². The molecule has 5 N–H and O–H groups in total. The number of hydrogen-bond donors (Lipinski definition) is 5. The van der Waals surface area contributed by atoms with Gasteiger partial charge in [0.1, 0.15) is 0 Å². The number of halogens is 1. The summed E-state index contributed by atoms with van der Waals surface area (Å²) in [5.41, 5.74) is 5.68. The molecule has 0 aliphatic heterocycles. The summed E-state index contributed by atoms with van der Waals surface area (Å²) in [5, 5.41) is 19.9. The Labute approximate surface area is 192 Å². The number of ether oxygens (including phenoxy) is 1. The van der Waals surface area contributed by atoms with Crippen LogP contribution >= 0.6 is 0 Å². The van der Waals surface area contributed by atoms with Gasteiger partial charge in [-0.15, -0.1) is 10.2 Å². The third-order valence-electron chi connectivity index (χ3n) is 4.08. The Balaban J connectivity index is 2.10. The lowest BCUT2D eigenvalue weighted by Crippen LogP contribution is -2.34. The van der Waals surface area contributed by atoms with Gasteiger partial charge in [0.05, 0.1) is 42.7 Å². The van der Waals surface area contributed by atoms with E-state index in [9.17, 15) is 9.18 Å². The number of hydrazine groups is 1. The first kappa shape index (κ1) is 19.2. The van der Waals surface area contributed by atoms with Crippen LogP contribution in [0.3, 0.4) is 0 Å². The maximum atomic E-state index is 13.3. The number of aliphatic imine (C=N–C) groups is 1. The Morgan fingerprint density at radius 3 is 2.73 bits per heavy atom. The molecule has 0 radical (unpaired) electrons. The molecule has 0 fully saturated rings. The van der Waals surface area contributed by atoms with Crippen LogP contribution in [-0.4, -0.2) is 59.3 Å². The summed E-state index contributed by atoms with van der Waals surface area (Å²) < 4.78 is 40.8. The number of benzene rings is 1. The summed E-state index contributed by atoms with van der Waals surface area (Å²) in [7, 11) is 2.97. The molecule has 0 bridgehead atoms. The number of methoxy groups -OCH3 is 1. The number of anilines is 2. The number of carbonyl (C=O) groups is 1. The van der Waals surface area contributed by atoms with Gasteiger partial charge in [-0.2, -0.15) is 0 Å². The van der Waals surface area contributed by atoms with Gasteiger partial charge in [-0.05, 0) is 12.1 Å². The van der Waals surface area contributed by atoms with Crippen molar-refractivity contribution in [1.29, 1.82) is 5.41 Å². The highest BCUT2D eigenvalue weighted by molar-refractivity contribution is 6.28. The summed E-state index contributed by atoms with van der Waals surface area (Å²) in [4.78, 5) is 24.7. The molecule has 0 aliphatic carbocycles. The molecule has 170 valence electrons. The topological polar surface area (TPSA) is 162 Å². The number of nitrogens with one attached hydrogen (secondary N) is 5. The van der Waals surface area contributed by atoms with Gasteiger partial charge in [0.2, 0.25) is 0 Å². The van der Waals surface area contributed by atoms with Crippen molar-refractivity contribution in [1.82, 2.24) is 36.3 Å². The van der Waals surface area contributed by atoms with Crippen LogP contribution in [0, 0.1) is 11.2 Å². The second-order valence-electron chi connectivity index (χ2n) is 6.17. The van der Waals surface area contributed by atoms with Gasteiger partial charge < -0.3 is 26.2 Å². The van der Waals surface area contributed by atoms with Gasteiger partial charge in [0.25, 0.3) is 5.91 Å². The minimum atomic E-state index is -2.77. The molecular weight excluding hydrogens is 431 g/mol. The number of rotatable bonds is 8. The lowest BCUT2D eigenvalue weighted by molar-refractivity contribution is 0.0958. The highest BCUT2D eigenvalue weighted by Gasteiger charge is 2.18. The zero-order chi connectivity index (χ0) is 26.3. The zero-order valence-corrected chi connectivity index (χ0v) is 17.5. The van der Waals surface area contributed by atoms with Crippen LogP contribution in [0.5, 0.6) is 5.75 Å². The minimum absolute atomic E-state index is 0.00109. The molecule has 0 saturated carbocycles. The normalized spacial score (nSPS) is 12.7. The predicted molar refractivity (Wildman–Crippen MR) is 121 cm³/mol. The molecule has 33 heavy (non-hydrogen) atoms. The van der Waals surface area contributed by atoms with E-state index in [-0.39, 0.29) is 34.6 Å². The lowest BCUT2D eigenvalue weighted by Gasteiger charge is -2.16. The molecule has 1 amide bonds. The Morgan fingerprint density at radius 2 is 2.06 bits per heavy atom. The largest absolute Gasteiger partial charge is 0.494 e. The molecule has 0 atom stereocenters. The summed E-state index contributed by atoms with van der Waals surface area (Å²) in [6.45, 7) is -2.77. The van der Waals surface area contributed by atoms with Crippen molar-refractivity contribution >= 4 is 35.2 Å². The van der Waals surface area contributed by atoms with E-state index >= 15 is 0 Å². The van der Waals surface area contributed by atoms with Crippen molar-refractivity contribution < 1.29 is 18.0 Å². The van der Waals surface area contributed by atoms with E-state index < -0.39 is 18.7 Å². The fraction of sp³-hybridized carbons (Fsp3) is 0.150. The quantitative estimate of drug-likeness (QED) is 0.193. The first-order chi connectivity index (χ1) is 17.1. The summed E-state index contributed by atoms with van der Waals surface area (Å²) in [6.07, 6.45) is 2.95.